The third kappa shape index (κ3) is 3.49. The molecule has 162 valence electrons. The monoisotopic (exact) mass is 422 g/mol. The quantitative estimate of drug-likeness (QED) is 0.669. The number of anilines is 1. The summed E-state index contributed by atoms with van der Waals surface area (Å²) in [5, 5.41) is 0. The van der Waals surface area contributed by atoms with Gasteiger partial charge in [-0.2, -0.15) is 0 Å². The zero-order chi connectivity index (χ0) is 22.2. The predicted octanol–water partition coefficient (Wildman–Crippen LogP) is 2.97. The van der Waals surface area contributed by atoms with Gasteiger partial charge in [-0.15, -0.1) is 0 Å². The summed E-state index contributed by atoms with van der Waals surface area (Å²) >= 11 is 0. The van der Waals surface area contributed by atoms with Crippen molar-refractivity contribution in [1.29, 1.82) is 0 Å². The molecule has 0 radical (unpaired) electrons. The molecule has 0 unspecified atom stereocenters. The Morgan fingerprint density at radius 2 is 1.81 bits per heavy atom. The molecular formula is C24H26N2O5. The van der Waals surface area contributed by atoms with Crippen LogP contribution in [0.25, 0.3) is 0 Å². The van der Waals surface area contributed by atoms with Crippen LogP contribution in [0.4, 0.5) is 5.69 Å². The molecule has 2 aromatic rings. The van der Waals surface area contributed by atoms with E-state index in [2.05, 4.69) is 0 Å². The topological polar surface area (TPSA) is 76.2 Å². The molecule has 0 aliphatic carbocycles. The highest BCUT2D eigenvalue weighted by atomic mass is 16.5. The van der Waals surface area contributed by atoms with Gasteiger partial charge in [0, 0.05) is 26.5 Å². The van der Waals surface area contributed by atoms with Crippen LogP contribution in [-0.4, -0.2) is 48.6 Å². The van der Waals surface area contributed by atoms with E-state index in [1.54, 1.807) is 24.3 Å². The zero-order valence-corrected chi connectivity index (χ0v) is 18.0. The van der Waals surface area contributed by atoms with Gasteiger partial charge >= 0.3 is 5.97 Å². The number of benzene rings is 2. The summed E-state index contributed by atoms with van der Waals surface area (Å²) in [6.45, 7) is 4.45. The Morgan fingerprint density at radius 1 is 1.10 bits per heavy atom. The maximum absolute atomic E-state index is 13.6. The highest BCUT2D eigenvalue weighted by molar-refractivity contribution is 6.15. The van der Waals surface area contributed by atoms with Crippen LogP contribution in [0.1, 0.15) is 39.9 Å². The Hall–Kier alpha value is -3.19. The molecule has 0 saturated carbocycles. The van der Waals surface area contributed by atoms with Gasteiger partial charge in [0.1, 0.15) is 6.61 Å². The van der Waals surface area contributed by atoms with Crippen molar-refractivity contribution in [3.8, 4) is 0 Å². The number of aryl methyl sites for hydroxylation is 2. The standard InChI is InChI=1S/C24H26N2O5/c1-16-12-17(2)14-18(13-16)15-31-23(29)24-9-8-21(27)26(24)20-7-5-4-6-19(20)22(28)25(24)10-11-30-3/h4-7,12-14H,8-11,15H2,1-3H3/t24-/m1/s1. The van der Waals surface area contributed by atoms with E-state index in [9.17, 15) is 14.4 Å². The molecule has 0 aromatic heterocycles. The molecule has 2 heterocycles. The van der Waals surface area contributed by atoms with Crippen molar-refractivity contribution in [3.63, 3.8) is 0 Å². The minimum Gasteiger partial charge on any atom is -0.458 e. The number of nitrogens with zero attached hydrogens (tertiary/aromatic N) is 2. The van der Waals surface area contributed by atoms with Crippen LogP contribution >= 0.6 is 0 Å². The van der Waals surface area contributed by atoms with Gasteiger partial charge in [-0.3, -0.25) is 14.5 Å². The summed E-state index contributed by atoms with van der Waals surface area (Å²) in [5.41, 5.74) is 2.36. The van der Waals surface area contributed by atoms with E-state index in [1.165, 1.54) is 16.9 Å². The van der Waals surface area contributed by atoms with Crippen LogP contribution in [0.3, 0.4) is 0 Å². The first-order chi connectivity index (χ1) is 14.9. The first-order valence-electron chi connectivity index (χ1n) is 10.4. The average molecular weight is 422 g/mol. The van der Waals surface area contributed by atoms with Gasteiger partial charge in [-0.1, -0.05) is 41.5 Å². The van der Waals surface area contributed by atoms with Gasteiger partial charge in [0.15, 0.2) is 0 Å². The molecule has 2 aliphatic heterocycles. The summed E-state index contributed by atoms with van der Waals surface area (Å²) in [5.74, 6) is -1.11. The molecule has 1 saturated heterocycles. The van der Waals surface area contributed by atoms with Crippen LogP contribution in [0.5, 0.6) is 0 Å². The molecule has 7 nitrogen and oxygen atoms in total. The van der Waals surface area contributed by atoms with Crippen LogP contribution in [0.2, 0.25) is 0 Å². The van der Waals surface area contributed by atoms with Crippen LogP contribution in [0.15, 0.2) is 42.5 Å². The van der Waals surface area contributed by atoms with Crippen molar-refractivity contribution in [2.45, 2.75) is 39.0 Å². The van der Waals surface area contributed by atoms with Crippen LogP contribution < -0.4 is 4.90 Å². The van der Waals surface area contributed by atoms with Crippen LogP contribution in [-0.2, 0) is 25.7 Å². The van der Waals surface area contributed by atoms with Gasteiger partial charge in [0.05, 0.1) is 17.9 Å². The summed E-state index contributed by atoms with van der Waals surface area (Å²) in [6, 6.07) is 12.8. The lowest BCUT2D eigenvalue weighted by molar-refractivity contribution is -0.159. The van der Waals surface area contributed by atoms with Gasteiger partial charge in [-0.05, 0) is 31.5 Å². The third-order valence-corrected chi connectivity index (χ3v) is 5.87. The number of rotatable bonds is 6. The molecular weight excluding hydrogens is 396 g/mol. The van der Waals surface area contributed by atoms with Gasteiger partial charge in [-0.25, -0.2) is 4.79 Å². The lowest BCUT2D eigenvalue weighted by Gasteiger charge is -2.48. The molecule has 0 N–H and O–H groups in total. The fraction of sp³-hybridized carbons (Fsp3) is 0.375. The number of carbonyl (C=O) groups excluding carboxylic acids is 3. The number of amides is 2. The molecule has 4 rings (SSSR count). The summed E-state index contributed by atoms with van der Waals surface area (Å²) in [7, 11) is 1.53. The highest BCUT2D eigenvalue weighted by Gasteiger charge is 2.61. The number of carbonyl (C=O) groups is 3. The SMILES string of the molecule is COCCN1C(=O)c2ccccc2N2C(=O)CC[C@@]12C(=O)OCc1cc(C)cc(C)c1. The highest BCUT2D eigenvalue weighted by Crippen LogP contribution is 2.45. The second-order valence-corrected chi connectivity index (χ2v) is 8.08. The number of ether oxygens (including phenoxy) is 2. The van der Waals surface area contributed by atoms with Crippen LogP contribution in [0, 0.1) is 13.8 Å². The third-order valence-electron chi connectivity index (χ3n) is 5.87. The average Bonchev–Trinajstić information content (AvgIpc) is 3.09. The zero-order valence-electron chi connectivity index (χ0n) is 18.0. The number of fused-ring (bicyclic) bond motifs is 3. The molecule has 1 atom stereocenters. The van der Waals surface area contributed by atoms with Crippen molar-refractivity contribution in [3.05, 3.63) is 64.7 Å². The van der Waals surface area contributed by atoms with Gasteiger partial charge in [0.2, 0.25) is 11.6 Å². The summed E-state index contributed by atoms with van der Waals surface area (Å²) < 4.78 is 10.9. The Kier molecular flexibility index (Phi) is 5.54. The number of hydrogen-bond donors (Lipinski definition) is 0. The van der Waals surface area contributed by atoms with Crippen molar-refractivity contribution in [2.24, 2.45) is 0 Å². The maximum Gasteiger partial charge on any atom is 0.354 e. The lowest BCUT2D eigenvalue weighted by Crippen LogP contribution is -2.68. The van der Waals surface area contributed by atoms with E-state index in [1.807, 2.05) is 32.0 Å². The molecule has 31 heavy (non-hydrogen) atoms. The largest absolute Gasteiger partial charge is 0.458 e. The van der Waals surface area contributed by atoms with E-state index in [4.69, 9.17) is 9.47 Å². The molecule has 7 heteroatoms. The van der Waals surface area contributed by atoms with Crippen molar-refractivity contribution >= 4 is 23.5 Å². The Balaban J connectivity index is 1.73. The van der Waals surface area contributed by atoms with Gasteiger partial charge < -0.3 is 14.4 Å². The first kappa shape index (κ1) is 21.1. The Morgan fingerprint density at radius 3 is 2.52 bits per heavy atom. The summed E-state index contributed by atoms with van der Waals surface area (Å²) in [6.07, 6.45) is 0.338. The molecule has 0 spiro atoms. The number of methoxy groups -OCH3 is 1. The molecule has 1 fully saturated rings. The van der Waals surface area contributed by atoms with E-state index in [-0.39, 0.29) is 44.4 Å². The second-order valence-electron chi connectivity index (χ2n) is 8.08. The Labute approximate surface area is 181 Å². The molecule has 2 aromatic carbocycles. The number of esters is 1. The minimum absolute atomic E-state index is 0.0685. The fourth-order valence-electron chi connectivity index (χ4n) is 4.65. The molecule has 2 amide bonds. The van der Waals surface area contributed by atoms with E-state index < -0.39 is 11.6 Å². The van der Waals surface area contributed by atoms with Crippen molar-refractivity contribution in [1.82, 2.24) is 4.90 Å². The molecule has 2 aliphatic rings. The van der Waals surface area contributed by atoms with Crippen molar-refractivity contribution in [2.75, 3.05) is 25.2 Å². The molecule has 0 bridgehead atoms. The van der Waals surface area contributed by atoms with Gasteiger partial charge in [0.25, 0.3) is 5.91 Å². The normalized spacial score (nSPS) is 20.0. The van der Waals surface area contributed by atoms with E-state index in [0.29, 0.717) is 11.3 Å². The van der Waals surface area contributed by atoms with E-state index >= 15 is 0 Å². The summed E-state index contributed by atoms with van der Waals surface area (Å²) in [4.78, 5) is 42.7. The second kappa shape index (κ2) is 8.15. The minimum atomic E-state index is -1.50. The maximum atomic E-state index is 13.6. The fourth-order valence-corrected chi connectivity index (χ4v) is 4.65. The predicted molar refractivity (Wildman–Crippen MR) is 115 cm³/mol. The smallest absolute Gasteiger partial charge is 0.354 e. The first-order valence-corrected chi connectivity index (χ1v) is 10.4. The Bertz CT molecular complexity index is 1030. The van der Waals surface area contributed by atoms with E-state index in [0.717, 1.165) is 16.7 Å². The lowest BCUT2D eigenvalue weighted by atomic mass is 9.96. The number of para-hydroxylation sites is 1. The van der Waals surface area contributed by atoms with Crippen molar-refractivity contribution < 1.29 is 23.9 Å². The number of hydrogen-bond acceptors (Lipinski definition) is 5.